The molecule has 0 aromatic heterocycles. The van der Waals surface area contributed by atoms with E-state index in [0.717, 1.165) is 0 Å². The first-order valence-electron chi connectivity index (χ1n) is 4.62. The zero-order valence-electron chi connectivity index (χ0n) is 9.20. The first-order chi connectivity index (χ1) is 6.39. The van der Waals surface area contributed by atoms with Gasteiger partial charge >= 0.3 is 6.09 Å². The summed E-state index contributed by atoms with van der Waals surface area (Å²) in [6.07, 6.45) is 2.94. The molecule has 0 aliphatic carbocycles. The summed E-state index contributed by atoms with van der Waals surface area (Å²) in [5.74, 6) is 0. The molecule has 0 rings (SSSR count). The Balaban J connectivity index is 4.04. The van der Waals surface area contributed by atoms with E-state index in [-0.39, 0.29) is 12.6 Å². The van der Waals surface area contributed by atoms with Crippen LogP contribution in [0.1, 0.15) is 27.7 Å². The summed E-state index contributed by atoms with van der Waals surface area (Å²) in [5, 5.41) is 11.4. The van der Waals surface area contributed by atoms with Gasteiger partial charge in [-0.3, -0.25) is 0 Å². The van der Waals surface area contributed by atoms with Crippen molar-refractivity contribution in [2.24, 2.45) is 0 Å². The Morgan fingerprint density at radius 1 is 1.57 bits per heavy atom. The van der Waals surface area contributed by atoms with Crippen molar-refractivity contribution in [2.75, 3.05) is 6.61 Å². The Kier molecular flexibility index (Phi) is 5.23. The molecule has 1 atom stereocenters. The predicted molar refractivity (Wildman–Crippen MR) is 55.1 cm³/mol. The summed E-state index contributed by atoms with van der Waals surface area (Å²) in [7, 11) is 0. The quantitative estimate of drug-likeness (QED) is 0.679. The number of aliphatic hydroxyl groups is 1. The highest BCUT2D eigenvalue weighted by Crippen LogP contribution is 2.06. The second kappa shape index (κ2) is 5.65. The topological polar surface area (TPSA) is 58.6 Å². The van der Waals surface area contributed by atoms with Gasteiger partial charge in [-0.05, 0) is 27.7 Å². The van der Waals surface area contributed by atoms with E-state index in [1.54, 1.807) is 32.9 Å². The van der Waals surface area contributed by atoms with Gasteiger partial charge in [0, 0.05) is 0 Å². The van der Waals surface area contributed by atoms with Gasteiger partial charge in [-0.2, -0.15) is 0 Å². The molecule has 0 heterocycles. The van der Waals surface area contributed by atoms with Crippen LogP contribution in [-0.4, -0.2) is 29.4 Å². The number of hydrogen-bond acceptors (Lipinski definition) is 3. The van der Waals surface area contributed by atoms with E-state index in [2.05, 4.69) is 5.32 Å². The fourth-order valence-corrected chi connectivity index (χ4v) is 0.846. The summed E-state index contributed by atoms with van der Waals surface area (Å²) in [5.41, 5.74) is -0.514. The summed E-state index contributed by atoms with van der Waals surface area (Å²) in [4.78, 5) is 11.2. The minimum absolute atomic E-state index is 0.135. The highest BCUT2D eigenvalue weighted by Gasteiger charge is 2.17. The number of rotatable bonds is 3. The normalized spacial score (nSPS) is 14.1. The molecule has 0 bridgehead atoms. The lowest BCUT2D eigenvalue weighted by atomic mass is 10.2. The minimum atomic E-state index is -0.519. The number of carbonyl (C=O) groups is 1. The summed E-state index contributed by atoms with van der Waals surface area (Å²) in [6.45, 7) is 7.05. The van der Waals surface area contributed by atoms with Gasteiger partial charge in [-0.15, -0.1) is 0 Å². The van der Waals surface area contributed by atoms with Gasteiger partial charge in [0.05, 0.1) is 12.6 Å². The van der Waals surface area contributed by atoms with Crippen molar-refractivity contribution in [3.05, 3.63) is 12.2 Å². The number of hydrogen-bond donors (Lipinski definition) is 2. The second-order valence-corrected chi connectivity index (χ2v) is 3.96. The minimum Gasteiger partial charge on any atom is -0.444 e. The van der Waals surface area contributed by atoms with Crippen molar-refractivity contribution in [1.82, 2.24) is 5.32 Å². The number of alkyl carbamates (subject to hydrolysis) is 1. The molecule has 14 heavy (non-hydrogen) atoms. The summed E-state index contributed by atoms with van der Waals surface area (Å²) < 4.78 is 5.02. The molecule has 0 aromatic carbocycles. The largest absolute Gasteiger partial charge is 0.444 e. The van der Waals surface area contributed by atoms with Crippen LogP contribution < -0.4 is 5.32 Å². The van der Waals surface area contributed by atoms with E-state index in [1.165, 1.54) is 0 Å². The zero-order chi connectivity index (χ0) is 11.2. The van der Waals surface area contributed by atoms with Crippen molar-refractivity contribution >= 4 is 6.09 Å². The molecular weight excluding hydrogens is 182 g/mol. The number of allylic oxidation sites excluding steroid dienone is 1. The van der Waals surface area contributed by atoms with Crippen molar-refractivity contribution in [3.8, 4) is 0 Å². The Morgan fingerprint density at radius 3 is 2.50 bits per heavy atom. The van der Waals surface area contributed by atoms with Gasteiger partial charge in [0.2, 0.25) is 0 Å². The third kappa shape index (κ3) is 6.48. The van der Waals surface area contributed by atoms with Gasteiger partial charge in [0.1, 0.15) is 5.60 Å². The highest BCUT2D eigenvalue weighted by molar-refractivity contribution is 5.68. The van der Waals surface area contributed by atoms with E-state index in [9.17, 15) is 4.79 Å². The van der Waals surface area contributed by atoms with Crippen LogP contribution in [0, 0.1) is 0 Å². The Hall–Kier alpha value is -1.03. The number of aliphatic hydroxyl groups excluding tert-OH is 1. The maximum atomic E-state index is 11.2. The standard InChI is InChI=1S/C10H19NO3/c1-5-6-8(7-12)11-9(13)14-10(2,3)4/h5-6,8,12H,7H2,1-4H3,(H,11,13)/b6-5+/t8-/m0/s1. The third-order valence-electron chi connectivity index (χ3n) is 1.32. The second-order valence-electron chi connectivity index (χ2n) is 3.96. The molecule has 4 heteroatoms. The van der Waals surface area contributed by atoms with Crippen LogP contribution >= 0.6 is 0 Å². The third-order valence-corrected chi connectivity index (χ3v) is 1.32. The maximum absolute atomic E-state index is 11.2. The molecule has 2 N–H and O–H groups in total. The fourth-order valence-electron chi connectivity index (χ4n) is 0.846. The molecule has 0 unspecified atom stereocenters. The Labute approximate surface area is 85.0 Å². The van der Waals surface area contributed by atoms with E-state index < -0.39 is 11.7 Å². The van der Waals surface area contributed by atoms with Crippen molar-refractivity contribution < 1.29 is 14.6 Å². The van der Waals surface area contributed by atoms with Crippen molar-refractivity contribution in [3.63, 3.8) is 0 Å². The maximum Gasteiger partial charge on any atom is 0.408 e. The van der Waals surface area contributed by atoms with Crippen LogP contribution in [0.5, 0.6) is 0 Å². The first kappa shape index (κ1) is 13.0. The molecule has 0 aromatic rings. The molecular formula is C10H19NO3. The van der Waals surface area contributed by atoms with Crippen LogP contribution in [0.25, 0.3) is 0 Å². The van der Waals surface area contributed by atoms with Gasteiger partial charge < -0.3 is 15.2 Å². The molecule has 0 saturated heterocycles. The average molecular weight is 201 g/mol. The lowest BCUT2D eigenvalue weighted by Gasteiger charge is -2.21. The number of nitrogens with one attached hydrogen (secondary N) is 1. The monoisotopic (exact) mass is 201 g/mol. The Morgan fingerprint density at radius 2 is 2.14 bits per heavy atom. The van der Waals surface area contributed by atoms with E-state index in [1.807, 2.05) is 6.92 Å². The van der Waals surface area contributed by atoms with Crippen molar-refractivity contribution in [1.29, 1.82) is 0 Å². The number of ether oxygens (including phenoxy) is 1. The molecule has 0 aliphatic heterocycles. The Bertz CT molecular complexity index is 206. The highest BCUT2D eigenvalue weighted by atomic mass is 16.6. The van der Waals surface area contributed by atoms with E-state index in [0.29, 0.717) is 0 Å². The zero-order valence-corrected chi connectivity index (χ0v) is 9.20. The van der Waals surface area contributed by atoms with Crippen LogP contribution in [0.2, 0.25) is 0 Å². The van der Waals surface area contributed by atoms with Crippen molar-refractivity contribution in [2.45, 2.75) is 39.3 Å². The molecule has 0 aliphatic rings. The van der Waals surface area contributed by atoms with Crippen LogP contribution in [0.15, 0.2) is 12.2 Å². The SMILES string of the molecule is C/C=C/[C@@H](CO)NC(=O)OC(C)(C)C. The van der Waals surface area contributed by atoms with Gasteiger partial charge in [0.25, 0.3) is 0 Å². The van der Waals surface area contributed by atoms with Crippen LogP contribution in [0.4, 0.5) is 4.79 Å². The van der Waals surface area contributed by atoms with Crippen LogP contribution in [0.3, 0.4) is 0 Å². The molecule has 0 fully saturated rings. The molecule has 0 saturated carbocycles. The van der Waals surface area contributed by atoms with Gasteiger partial charge in [-0.25, -0.2) is 4.79 Å². The lowest BCUT2D eigenvalue weighted by Crippen LogP contribution is -2.39. The molecule has 82 valence electrons. The summed E-state index contributed by atoms with van der Waals surface area (Å²) >= 11 is 0. The lowest BCUT2D eigenvalue weighted by molar-refractivity contribution is 0.0498. The molecule has 1 amide bonds. The van der Waals surface area contributed by atoms with E-state index >= 15 is 0 Å². The van der Waals surface area contributed by atoms with Gasteiger partial charge in [-0.1, -0.05) is 12.2 Å². The first-order valence-corrected chi connectivity index (χ1v) is 4.62. The predicted octanol–water partition coefficient (Wildman–Crippen LogP) is 1.45. The fraction of sp³-hybridized carbons (Fsp3) is 0.700. The molecule has 0 spiro atoms. The summed E-state index contributed by atoms with van der Waals surface area (Å²) in [6, 6.07) is -0.380. The average Bonchev–Trinajstić information content (AvgIpc) is 2.00. The number of amides is 1. The molecule has 0 radical (unpaired) electrons. The van der Waals surface area contributed by atoms with Gasteiger partial charge in [0.15, 0.2) is 0 Å². The smallest absolute Gasteiger partial charge is 0.408 e. The van der Waals surface area contributed by atoms with Crippen LogP contribution in [-0.2, 0) is 4.74 Å². The van der Waals surface area contributed by atoms with E-state index in [4.69, 9.17) is 9.84 Å². The number of carbonyl (C=O) groups excluding carboxylic acids is 1. The molecule has 4 nitrogen and oxygen atoms in total.